The molecule has 1 aromatic rings. The van der Waals surface area contributed by atoms with Gasteiger partial charge in [-0.2, -0.15) is 22.0 Å². The van der Waals surface area contributed by atoms with Gasteiger partial charge in [0.05, 0.1) is 7.11 Å². The number of hydrogen-bond acceptors (Lipinski definition) is 3. The number of benzene rings is 1. The summed E-state index contributed by atoms with van der Waals surface area (Å²) in [5, 5.41) is 8.80. The zero-order chi connectivity index (χ0) is 17.0. The molecule has 0 saturated heterocycles. The smallest absolute Gasteiger partial charge is 0.461 e. The Labute approximate surface area is 123 Å². The van der Waals surface area contributed by atoms with Gasteiger partial charge in [0.1, 0.15) is 5.75 Å². The van der Waals surface area contributed by atoms with Crippen molar-refractivity contribution in [2.45, 2.75) is 24.9 Å². The van der Waals surface area contributed by atoms with Crippen LogP contribution in [0.2, 0.25) is 0 Å². The quantitative estimate of drug-likeness (QED) is 0.491. The van der Waals surface area contributed by atoms with E-state index < -0.39 is 23.6 Å². The molecule has 1 aromatic carbocycles. The highest BCUT2D eigenvalue weighted by Crippen LogP contribution is 2.39. The van der Waals surface area contributed by atoms with E-state index in [1.54, 1.807) is 24.3 Å². The van der Waals surface area contributed by atoms with Crippen molar-refractivity contribution in [2.75, 3.05) is 7.11 Å². The number of carbonyl (C=O) groups is 1. The molecule has 1 N–H and O–H groups in total. The summed E-state index contributed by atoms with van der Waals surface area (Å²) in [5.74, 6) is -8.20. The Morgan fingerprint density at radius 2 is 1.73 bits per heavy atom. The number of aliphatic hydroxyl groups is 1. The molecule has 0 aliphatic rings. The van der Waals surface area contributed by atoms with Crippen LogP contribution in [0.15, 0.2) is 36.1 Å². The van der Waals surface area contributed by atoms with E-state index in [0.717, 1.165) is 0 Å². The lowest BCUT2D eigenvalue weighted by molar-refractivity contribution is -0.274. The van der Waals surface area contributed by atoms with Gasteiger partial charge >= 0.3 is 12.1 Å². The van der Waals surface area contributed by atoms with E-state index in [0.29, 0.717) is 11.3 Å². The average molecular weight is 324 g/mol. The first kappa shape index (κ1) is 17.9. The number of hydrogen-bond donors (Lipinski definition) is 1. The summed E-state index contributed by atoms with van der Waals surface area (Å²) in [5.41, 5.74) is 0.671. The van der Waals surface area contributed by atoms with Crippen LogP contribution in [0, 0.1) is 0 Å². The number of ketones is 1. The van der Waals surface area contributed by atoms with Gasteiger partial charge in [0.15, 0.2) is 11.5 Å². The van der Waals surface area contributed by atoms with Crippen LogP contribution in [-0.4, -0.2) is 30.1 Å². The zero-order valence-corrected chi connectivity index (χ0v) is 11.5. The van der Waals surface area contributed by atoms with Gasteiger partial charge in [0.2, 0.25) is 0 Å². The summed E-state index contributed by atoms with van der Waals surface area (Å²) in [6, 6.07) is 6.48. The fourth-order valence-electron chi connectivity index (χ4n) is 1.52. The van der Waals surface area contributed by atoms with Crippen LogP contribution in [0.1, 0.15) is 12.0 Å². The van der Waals surface area contributed by atoms with E-state index in [9.17, 15) is 26.7 Å². The van der Waals surface area contributed by atoms with Crippen molar-refractivity contribution in [2.24, 2.45) is 0 Å². The molecule has 0 heterocycles. The lowest BCUT2D eigenvalue weighted by atomic mass is 10.1. The molecule has 3 nitrogen and oxygen atoms in total. The molecule has 1 rings (SSSR count). The number of aryl methyl sites for hydroxylation is 1. The molecule has 0 radical (unpaired) electrons. The first-order valence-corrected chi connectivity index (χ1v) is 6.09. The fraction of sp³-hybridized carbons (Fsp3) is 0.357. The topological polar surface area (TPSA) is 46.5 Å². The maximum absolute atomic E-state index is 12.7. The van der Waals surface area contributed by atoms with Gasteiger partial charge < -0.3 is 9.84 Å². The standard InChI is InChI=1S/C14H13F5O3/c1-22-11-6-3-9(4-7-11)2-5-10(20)8-12(21)13(15,16)14(17,18)19/h3-4,6-8,21H,2,5H2,1H3/b12-8-. The Bertz CT molecular complexity index is 547. The predicted molar refractivity (Wildman–Crippen MR) is 68.0 cm³/mol. The summed E-state index contributed by atoms with van der Waals surface area (Å²) in [6.45, 7) is 0. The molecule has 0 amide bonds. The number of methoxy groups -OCH3 is 1. The third-order valence-corrected chi connectivity index (χ3v) is 2.79. The third kappa shape index (κ3) is 4.44. The Hall–Kier alpha value is -2.12. The van der Waals surface area contributed by atoms with Gasteiger partial charge in [-0.1, -0.05) is 12.1 Å². The number of allylic oxidation sites excluding steroid dienone is 2. The summed E-state index contributed by atoms with van der Waals surface area (Å²) in [7, 11) is 1.47. The van der Waals surface area contributed by atoms with Crippen LogP contribution in [0.5, 0.6) is 5.75 Å². The van der Waals surface area contributed by atoms with Crippen LogP contribution in [0.3, 0.4) is 0 Å². The molecule has 0 aliphatic heterocycles. The summed E-state index contributed by atoms with van der Waals surface area (Å²) in [4.78, 5) is 11.4. The molecule has 0 unspecified atom stereocenters. The van der Waals surface area contributed by atoms with E-state index in [1.807, 2.05) is 0 Å². The molecule has 0 aromatic heterocycles. The van der Waals surface area contributed by atoms with Gasteiger partial charge in [0, 0.05) is 12.5 Å². The van der Waals surface area contributed by atoms with Crippen molar-refractivity contribution in [3.8, 4) is 5.75 Å². The second-order valence-electron chi connectivity index (χ2n) is 4.42. The van der Waals surface area contributed by atoms with E-state index >= 15 is 0 Å². The van der Waals surface area contributed by atoms with Crippen LogP contribution < -0.4 is 4.74 Å². The Morgan fingerprint density at radius 1 is 1.18 bits per heavy atom. The number of alkyl halides is 5. The highest BCUT2D eigenvalue weighted by molar-refractivity contribution is 5.90. The van der Waals surface area contributed by atoms with Crippen molar-refractivity contribution in [1.82, 2.24) is 0 Å². The highest BCUT2D eigenvalue weighted by atomic mass is 19.4. The van der Waals surface area contributed by atoms with Crippen LogP contribution in [-0.2, 0) is 11.2 Å². The normalized spacial score (nSPS) is 13.1. The van der Waals surface area contributed by atoms with Crippen LogP contribution >= 0.6 is 0 Å². The number of aliphatic hydroxyl groups excluding tert-OH is 1. The predicted octanol–water partition coefficient (Wildman–Crippen LogP) is 3.84. The van der Waals surface area contributed by atoms with Crippen LogP contribution in [0.25, 0.3) is 0 Å². The summed E-state index contributed by atoms with van der Waals surface area (Å²) in [6.07, 6.45) is -6.23. The van der Waals surface area contributed by atoms with E-state index in [2.05, 4.69) is 0 Å². The minimum Gasteiger partial charge on any atom is -0.506 e. The van der Waals surface area contributed by atoms with E-state index in [-0.39, 0.29) is 18.9 Å². The maximum Gasteiger partial charge on any atom is 0.461 e. The Morgan fingerprint density at radius 3 is 2.18 bits per heavy atom. The number of rotatable bonds is 6. The number of ether oxygens (including phenoxy) is 1. The maximum atomic E-state index is 12.7. The van der Waals surface area contributed by atoms with Crippen molar-refractivity contribution in [3.63, 3.8) is 0 Å². The molecular weight excluding hydrogens is 311 g/mol. The van der Waals surface area contributed by atoms with Gasteiger partial charge in [-0.15, -0.1) is 0 Å². The molecule has 0 spiro atoms. The minimum atomic E-state index is -5.95. The first-order chi connectivity index (χ1) is 10.1. The van der Waals surface area contributed by atoms with Gasteiger partial charge in [0.25, 0.3) is 0 Å². The molecule has 0 bridgehead atoms. The summed E-state index contributed by atoms with van der Waals surface area (Å²) >= 11 is 0. The van der Waals surface area contributed by atoms with Crippen molar-refractivity contribution in [3.05, 3.63) is 41.7 Å². The highest BCUT2D eigenvalue weighted by Gasteiger charge is 2.61. The van der Waals surface area contributed by atoms with Crippen molar-refractivity contribution >= 4 is 5.78 Å². The molecular formula is C14H13F5O3. The fourth-order valence-corrected chi connectivity index (χ4v) is 1.52. The number of halogens is 5. The number of carbonyl (C=O) groups excluding carboxylic acids is 1. The second-order valence-corrected chi connectivity index (χ2v) is 4.42. The molecule has 22 heavy (non-hydrogen) atoms. The van der Waals surface area contributed by atoms with Crippen molar-refractivity contribution < 1.29 is 36.6 Å². The second kappa shape index (κ2) is 6.76. The molecule has 0 aliphatic carbocycles. The van der Waals surface area contributed by atoms with E-state index in [4.69, 9.17) is 9.84 Å². The Balaban J connectivity index is 2.67. The molecule has 0 atom stereocenters. The molecule has 0 fully saturated rings. The van der Waals surface area contributed by atoms with Crippen molar-refractivity contribution in [1.29, 1.82) is 0 Å². The monoisotopic (exact) mass is 324 g/mol. The van der Waals surface area contributed by atoms with E-state index in [1.165, 1.54) is 7.11 Å². The van der Waals surface area contributed by atoms with Gasteiger partial charge in [-0.3, -0.25) is 4.79 Å². The minimum absolute atomic E-state index is 0.0863. The lowest BCUT2D eigenvalue weighted by Crippen LogP contribution is -2.38. The first-order valence-electron chi connectivity index (χ1n) is 6.09. The third-order valence-electron chi connectivity index (χ3n) is 2.79. The zero-order valence-electron chi connectivity index (χ0n) is 11.5. The van der Waals surface area contributed by atoms with Crippen LogP contribution in [0.4, 0.5) is 22.0 Å². The lowest BCUT2D eigenvalue weighted by Gasteiger charge is -2.18. The SMILES string of the molecule is COc1ccc(CCC(=O)/C=C(\O)C(F)(F)C(F)(F)F)cc1. The van der Waals surface area contributed by atoms with Gasteiger partial charge in [-0.05, 0) is 24.1 Å². The summed E-state index contributed by atoms with van der Waals surface area (Å²) < 4.78 is 66.3. The Kier molecular flexibility index (Phi) is 5.51. The largest absolute Gasteiger partial charge is 0.506 e. The van der Waals surface area contributed by atoms with Gasteiger partial charge in [-0.25, -0.2) is 0 Å². The molecule has 8 heteroatoms. The molecule has 122 valence electrons. The average Bonchev–Trinajstić information content (AvgIpc) is 2.44. The molecule has 0 saturated carbocycles.